The van der Waals surface area contributed by atoms with E-state index in [1.807, 2.05) is 24.3 Å². The molecule has 2 nitrogen and oxygen atoms in total. The lowest BCUT2D eigenvalue weighted by Crippen LogP contribution is -2.29. The quantitative estimate of drug-likeness (QED) is 0.558. The van der Waals surface area contributed by atoms with Crippen LogP contribution in [0.5, 0.6) is 0 Å². The van der Waals surface area contributed by atoms with Gasteiger partial charge in [-0.1, -0.05) is 66.2 Å². The maximum Gasteiger partial charge on any atom is 0.0500 e. The molecule has 21 heavy (non-hydrogen) atoms. The highest BCUT2D eigenvalue weighted by Crippen LogP contribution is 2.25. The number of hydrogen-bond acceptors (Lipinski definition) is 2. The Morgan fingerprint density at radius 2 is 1.62 bits per heavy atom. The molecule has 0 radical (unpaired) electrons. The highest BCUT2D eigenvalue weighted by Gasteiger charge is 2.12. The molecule has 3 aromatic rings. The predicted molar refractivity (Wildman–Crippen MR) is 89.2 cm³/mol. The van der Waals surface area contributed by atoms with Gasteiger partial charge >= 0.3 is 0 Å². The Morgan fingerprint density at radius 1 is 0.905 bits per heavy atom. The molecule has 1 atom stereocenters. The van der Waals surface area contributed by atoms with Crippen molar-refractivity contribution in [2.75, 3.05) is 0 Å². The average Bonchev–Trinajstić information content (AvgIpc) is 2.54. The molecule has 0 bridgehead atoms. The van der Waals surface area contributed by atoms with Crippen molar-refractivity contribution in [2.24, 2.45) is 5.84 Å². The molecular weight excluding hydrogens is 280 g/mol. The zero-order chi connectivity index (χ0) is 14.7. The SMILES string of the molecule is NNC(Cc1cccc2ccccc12)c1ccc(Cl)cc1. The van der Waals surface area contributed by atoms with Gasteiger partial charge in [-0.2, -0.15) is 0 Å². The summed E-state index contributed by atoms with van der Waals surface area (Å²) in [4.78, 5) is 0. The standard InChI is InChI=1S/C18H17ClN2/c19-16-10-8-14(9-11-16)18(21-20)12-15-6-3-5-13-4-1-2-7-17(13)15/h1-11,18,21H,12,20H2. The summed E-state index contributed by atoms with van der Waals surface area (Å²) in [6.07, 6.45) is 0.833. The predicted octanol–water partition coefficient (Wildman–Crippen LogP) is 4.24. The highest BCUT2D eigenvalue weighted by molar-refractivity contribution is 6.30. The molecule has 0 aliphatic rings. The van der Waals surface area contributed by atoms with Gasteiger partial charge in [0.1, 0.15) is 0 Å². The van der Waals surface area contributed by atoms with Crippen LogP contribution in [0.2, 0.25) is 5.02 Å². The van der Waals surface area contributed by atoms with Crippen LogP contribution in [0.3, 0.4) is 0 Å². The fraction of sp³-hybridized carbons (Fsp3) is 0.111. The van der Waals surface area contributed by atoms with E-state index in [1.165, 1.54) is 16.3 Å². The molecule has 0 aliphatic carbocycles. The number of nitrogens with two attached hydrogens (primary N) is 1. The van der Waals surface area contributed by atoms with Gasteiger partial charge in [0.25, 0.3) is 0 Å². The summed E-state index contributed by atoms with van der Waals surface area (Å²) in [7, 11) is 0. The lowest BCUT2D eigenvalue weighted by Gasteiger charge is -2.17. The van der Waals surface area contributed by atoms with Crippen molar-refractivity contribution in [3.05, 3.63) is 82.9 Å². The van der Waals surface area contributed by atoms with Crippen LogP contribution in [0, 0.1) is 0 Å². The number of fused-ring (bicyclic) bond motifs is 1. The fourth-order valence-corrected chi connectivity index (χ4v) is 2.78. The summed E-state index contributed by atoms with van der Waals surface area (Å²) in [5, 5.41) is 3.26. The molecule has 0 saturated carbocycles. The van der Waals surface area contributed by atoms with Gasteiger partial charge in [-0.3, -0.25) is 11.3 Å². The number of hydrazine groups is 1. The zero-order valence-electron chi connectivity index (χ0n) is 11.6. The summed E-state index contributed by atoms with van der Waals surface area (Å²) in [6, 6.07) is 22.7. The van der Waals surface area contributed by atoms with Crippen LogP contribution in [-0.2, 0) is 6.42 Å². The van der Waals surface area contributed by atoms with Gasteiger partial charge in [-0.15, -0.1) is 0 Å². The van der Waals surface area contributed by atoms with Gasteiger partial charge in [0.05, 0.1) is 6.04 Å². The number of hydrogen-bond donors (Lipinski definition) is 2. The van der Waals surface area contributed by atoms with Crippen molar-refractivity contribution in [1.82, 2.24) is 5.43 Å². The first kappa shape index (κ1) is 14.1. The second-order valence-electron chi connectivity index (χ2n) is 5.11. The fourth-order valence-electron chi connectivity index (χ4n) is 2.66. The maximum atomic E-state index is 5.95. The van der Waals surface area contributed by atoms with Gasteiger partial charge in [0.15, 0.2) is 0 Å². The lowest BCUT2D eigenvalue weighted by atomic mass is 9.95. The molecular formula is C18H17ClN2. The second kappa shape index (κ2) is 6.27. The Bertz CT molecular complexity index is 732. The molecule has 1 unspecified atom stereocenters. The summed E-state index contributed by atoms with van der Waals surface area (Å²) < 4.78 is 0. The number of rotatable bonds is 4. The average molecular weight is 297 g/mol. The molecule has 3 aromatic carbocycles. The van der Waals surface area contributed by atoms with Crippen LogP contribution in [0.4, 0.5) is 0 Å². The van der Waals surface area contributed by atoms with E-state index in [0.29, 0.717) is 0 Å². The largest absolute Gasteiger partial charge is 0.271 e. The van der Waals surface area contributed by atoms with Gasteiger partial charge in [-0.25, -0.2) is 0 Å². The Morgan fingerprint density at radius 3 is 2.38 bits per heavy atom. The minimum Gasteiger partial charge on any atom is -0.271 e. The minimum atomic E-state index is 0.0630. The normalized spacial score (nSPS) is 12.5. The Kier molecular flexibility index (Phi) is 4.20. The Labute approximate surface area is 129 Å². The topological polar surface area (TPSA) is 38.0 Å². The van der Waals surface area contributed by atoms with E-state index in [9.17, 15) is 0 Å². The number of halogens is 1. The monoisotopic (exact) mass is 296 g/mol. The van der Waals surface area contributed by atoms with Crippen molar-refractivity contribution in [3.63, 3.8) is 0 Å². The summed E-state index contributed by atoms with van der Waals surface area (Å²) in [5.74, 6) is 5.75. The third kappa shape index (κ3) is 3.08. The molecule has 0 fully saturated rings. The van der Waals surface area contributed by atoms with E-state index < -0.39 is 0 Å². The first-order valence-electron chi connectivity index (χ1n) is 6.96. The van der Waals surface area contributed by atoms with Crippen molar-refractivity contribution in [3.8, 4) is 0 Å². The highest BCUT2D eigenvalue weighted by atomic mass is 35.5. The van der Waals surface area contributed by atoms with Crippen LogP contribution >= 0.6 is 11.6 Å². The lowest BCUT2D eigenvalue weighted by molar-refractivity contribution is 0.553. The molecule has 0 spiro atoms. The van der Waals surface area contributed by atoms with Crippen molar-refractivity contribution >= 4 is 22.4 Å². The van der Waals surface area contributed by atoms with Crippen molar-refractivity contribution in [1.29, 1.82) is 0 Å². The molecule has 0 amide bonds. The van der Waals surface area contributed by atoms with Gasteiger partial charge in [-0.05, 0) is 40.5 Å². The number of benzene rings is 3. The zero-order valence-corrected chi connectivity index (χ0v) is 12.3. The van der Waals surface area contributed by atoms with Gasteiger partial charge in [0, 0.05) is 5.02 Å². The van der Waals surface area contributed by atoms with E-state index in [-0.39, 0.29) is 6.04 Å². The second-order valence-corrected chi connectivity index (χ2v) is 5.55. The van der Waals surface area contributed by atoms with E-state index in [4.69, 9.17) is 17.4 Å². The van der Waals surface area contributed by atoms with Crippen LogP contribution in [0.15, 0.2) is 66.7 Å². The molecule has 0 aliphatic heterocycles. The molecule has 0 heterocycles. The van der Waals surface area contributed by atoms with Crippen molar-refractivity contribution in [2.45, 2.75) is 12.5 Å². The van der Waals surface area contributed by atoms with E-state index in [2.05, 4.69) is 47.9 Å². The molecule has 3 heteroatoms. The molecule has 0 saturated heterocycles. The van der Waals surface area contributed by atoms with Crippen LogP contribution in [0.1, 0.15) is 17.2 Å². The van der Waals surface area contributed by atoms with E-state index in [1.54, 1.807) is 0 Å². The Balaban J connectivity index is 1.94. The Hall–Kier alpha value is -1.87. The summed E-state index contributed by atoms with van der Waals surface area (Å²) in [5.41, 5.74) is 5.33. The van der Waals surface area contributed by atoms with Gasteiger partial charge < -0.3 is 0 Å². The molecule has 0 aromatic heterocycles. The summed E-state index contributed by atoms with van der Waals surface area (Å²) in [6.45, 7) is 0. The smallest absolute Gasteiger partial charge is 0.0500 e. The third-order valence-electron chi connectivity index (χ3n) is 3.78. The van der Waals surface area contributed by atoms with Crippen LogP contribution in [-0.4, -0.2) is 0 Å². The molecule has 3 N–H and O–H groups in total. The van der Waals surface area contributed by atoms with Crippen LogP contribution < -0.4 is 11.3 Å². The van der Waals surface area contributed by atoms with Crippen molar-refractivity contribution < 1.29 is 0 Å². The third-order valence-corrected chi connectivity index (χ3v) is 4.03. The summed E-state index contributed by atoms with van der Waals surface area (Å²) >= 11 is 5.95. The molecule has 3 rings (SSSR count). The minimum absolute atomic E-state index is 0.0630. The number of nitrogens with one attached hydrogen (secondary N) is 1. The molecule has 106 valence electrons. The van der Waals surface area contributed by atoms with Gasteiger partial charge in [0.2, 0.25) is 0 Å². The first-order chi connectivity index (χ1) is 10.3. The van der Waals surface area contributed by atoms with Crippen LogP contribution in [0.25, 0.3) is 10.8 Å². The first-order valence-corrected chi connectivity index (χ1v) is 7.34. The van der Waals surface area contributed by atoms with E-state index >= 15 is 0 Å². The van der Waals surface area contributed by atoms with E-state index in [0.717, 1.165) is 17.0 Å². The maximum absolute atomic E-state index is 5.95.